The predicted molar refractivity (Wildman–Crippen MR) is 82.3 cm³/mol. The summed E-state index contributed by atoms with van der Waals surface area (Å²) in [6.45, 7) is 0. The largest absolute Gasteiger partial charge is 0.398 e. The molecule has 6 heteroatoms. The lowest BCUT2D eigenvalue weighted by molar-refractivity contribution is 0.520. The van der Waals surface area contributed by atoms with E-state index in [0.717, 1.165) is 9.79 Å². The van der Waals surface area contributed by atoms with Gasteiger partial charge in [0.25, 0.3) is 0 Å². The molecule has 0 unspecified atom stereocenters. The van der Waals surface area contributed by atoms with Crippen molar-refractivity contribution in [1.82, 2.24) is 4.31 Å². The Kier molecular flexibility index (Phi) is 4.37. The third-order valence-electron chi connectivity index (χ3n) is 2.73. The zero-order valence-electron chi connectivity index (χ0n) is 11.3. The minimum Gasteiger partial charge on any atom is -0.398 e. The Balaban J connectivity index is 2.40. The van der Waals surface area contributed by atoms with Crippen molar-refractivity contribution in [1.29, 1.82) is 0 Å². The fraction of sp³-hybridized carbons (Fsp3) is 0.143. The van der Waals surface area contributed by atoms with Gasteiger partial charge in [-0.2, -0.15) is 0 Å². The molecular weight excluding hydrogens is 292 g/mol. The number of anilines is 1. The molecule has 2 aromatic carbocycles. The van der Waals surface area contributed by atoms with E-state index in [1.807, 2.05) is 30.3 Å². The number of nitrogen functional groups attached to an aromatic ring is 1. The van der Waals surface area contributed by atoms with Crippen LogP contribution in [-0.4, -0.2) is 26.8 Å². The summed E-state index contributed by atoms with van der Waals surface area (Å²) in [6, 6.07) is 14.5. The molecule has 0 fully saturated rings. The van der Waals surface area contributed by atoms with Gasteiger partial charge < -0.3 is 5.73 Å². The van der Waals surface area contributed by atoms with Gasteiger partial charge in [0.1, 0.15) is 0 Å². The number of benzene rings is 2. The van der Waals surface area contributed by atoms with Crippen LogP contribution in [0.15, 0.2) is 63.2 Å². The van der Waals surface area contributed by atoms with E-state index in [1.165, 1.54) is 36.2 Å². The number of rotatable bonds is 4. The standard InChI is InChI=1S/C14H16N2O2S2/c1-16(2)20(17,18)12-8-9-13(15)14(10-12)19-11-6-4-3-5-7-11/h3-10H,15H2,1-2H3. The van der Waals surface area contributed by atoms with E-state index < -0.39 is 10.0 Å². The highest BCUT2D eigenvalue weighted by Gasteiger charge is 2.18. The molecule has 2 N–H and O–H groups in total. The minimum absolute atomic E-state index is 0.245. The van der Waals surface area contributed by atoms with Crippen molar-refractivity contribution < 1.29 is 8.42 Å². The number of sulfonamides is 1. The van der Waals surface area contributed by atoms with Gasteiger partial charge in [-0.1, -0.05) is 30.0 Å². The Bertz CT molecular complexity index is 698. The fourth-order valence-electron chi connectivity index (χ4n) is 1.59. The van der Waals surface area contributed by atoms with E-state index in [2.05, 4.69) is 0 Å². The molecule has 0 spiro atoms. The molecule has 0 saturated carbocycles. The second-order valence-corrected chi connectivity index (χ2v) is 7.67. The highest BCUT2D eigenvalue weighted by atomic mass is 32.2. The summed E-state index contributed by atoms with van der Waals surface area (Å²) in [7, 11) is -0.425. The smallest absolute Gasteiger partial charge is 0.242 e. The van der Waals surface area contributed by atoms with Crippen LogP contribution in [0.4, 0.5) is 5.69 Å². The number of hydrogen-bond acceptors (Lipinski definition) is 4. The van der Waals surface area contributed by atoms with Crippen LogP contribution in [0, 0.1) is 0 Å². The van der Waals surface area contributed by atoms with Crippen LogP contribution in [0.25, 0.3) is 0 Å². The topological polar surface area (TPSA) is 63.4 Å². The predicted octanol–water partition coefficient (Wildman–Crippen LogP) is 2.67. The van der Waals surface area contributed by atoms with E-state index >= 15 is 0 Å². The van der Waals surface area contributed by atoms with Gasteiger partial charge in [-0.25, -0.2) is 12.7 Å². The van der Waals surface area contributed by atoms with Crippen LogP contribution in [-0.2, 0) is 10.0 Å². The lowest BCUT2D eigenvalue weighted by Gasteiger charge is -2.13. The van der Waals surface area contributed by atoms with E-state index in [0.29, 0.717) is 5.69 Å². The molecule has 0 aliphatic heterocycles. The molecule has 0 saturated heterocycles. The Hall–Kier alpha value is -1.50. The quantitative estimate of drug-likeness (QED) is 0.882. The second-order valence-electron chi connectivity index (χ2n) is 4.40. The minimum atomic E-state index is -3.44. The SMILES string of the molecule is CN(C)S(=O)(=O)c1ccc(N)c(Sc2ccccc2)c1. The summed E-state index contributed by atoms with van der Waals surface area (Å²) >= 11 is 1.45. The van der Waals surface area contributed by atoms with Crippen molar-refractivity contribution in [3.8, 4) is 0 Å². The molecule has 0 atom stereocenters. The first-order valence-electron chi connectivity index (χ1n) is 5.96. The fourth-order valence-corrected chi connectivity index (χ4v) is 3.51. The lowest BCUT2D eigenvalue weighted by Crippen LogP contribution is -2.22. The van der Waals surface area contributed by atoms with Gasteiger partial charge in [0.15, 0.2) is 0 Å². The molecule has 0 amide bonds. The van der Waals surface area contributed by atoms with Gasteiger partial charge >= 0.3 is 0 Å². The third-order valence-corrected chi connectivity index (χ3v) is 5.63. The molecular formula is C14H16N2O2S2. The van der Waals surface area contributed by atoms with Gasteiger partial charge in [0, 0.05) is 29.6 Å². The van der Waals surface area contributed by atoms with Crippen LogP contribution in [0.2, 0.25) is 0 Å². The van der Waals surface area contributed by atoms with Gasteiger partial charge in [0.05, 0.1) is 4.90 Å². The summed E-state index contributed by atoms with van der Waals surface area (Å²) in [5, 5.41) is 0. The van der Waals surface area contributed by atoms with E-state index in [1.54, 1.807) is 12.1 Å². The van der Waals surface area contributed by atoms with Crippen LogP contribution in [0.5, 0.6) is 0 Å². The first-order valence-corrected chi connectivity index (χ1v) is 8.22. The maximum absolute atomic E-state index is 12.1. The maximum atomic E-state index is 12.1. The van der Waals surface area contributed by atoms with Crippen molar-refractivity contribution in [2.24, 2.45) is 0 Å². The first kappa shape index (κ1) is 14.9. The molecule has 0 radical (unpaired) electrons. The molecule has 4 nitrogen and oxygen atoms in total. The highest BCUT2D eigenvalue weighted by Crippen LogP contribution is 2.33. The van der Waals surface area contributed by atoms with Gasteiger partial charge in [-0.05, 0) is 30.3 Å². The van der Waals surface area contributed by atoms with Crippen molar-refractivity contribution in [2.45, 2.75) is 14.7 Å². The maximum Gasteiger partial charge on any atom is 0.242 e. The van der Waals surface area contributed by atoms with Crippen molar-refractivity contribution in [2.75, 3.05) is 19.8 Å². The number of hydrogen-bond donors (Lipinski definition) is 1. The first-order chi connectivity index (χ1) is 9.41. The molecule has 0 bridgehead atoms. The normalized spacial score (nSPS) is 11.8. The Morgan fingerprint density at radius 1 is 1.05 bits per heavy atom. The summed E-state index contributed by atoms with van der Waals surface area (Å²) < 4.78 is 25.4. The number of nitrogens with two attached hydrogens (primary N) is 1. The van der Waals surface area contributed by atoms with Crippen molar-refractivity contribution in [3.63, 3.8) is 0 Å². The molecule has 2 rings (SSSR count). The Morgan fingerprint density at radius 3 is 2.30 bits per heavy atom. The third kappa shape index (κ3) is 3.15. The summed E-state index contributed by atoms with van der Waals surface area (Å²) in [6.07, 6.45) is 0. The molecule has 106 valence electrons. The van der Waals surface area contributed by atoms with Crippen LogP contribution < -0.4 is 5.73 Å². The summed E-state index contributed by atoms with van der Waals surface area (Å²) in [5.41, 5.74) is 6.49. The monoisotopic (exact) mass is 308 g/mol. The van der Waals surface area contributed by atoms with Crippen LogP contribution in [0.3, 0.4) is 0 Å². The van der Waals surface area contributed by atoms with Crippen molar-refractivity contribution >= 4 is 27.5 Å². The molecule has 0 aromatic heterocycles. The zero-order valence-corrected chi connectivity index (χ0v) is 12.9. The second kappa shape index (κ2) is 5.87. The zero-order chi connectivity index (χ0) is 14.8. The van der Waals surface area contributed by atoms with Gasteiger partial charge in [0.2, 0.25) is 10.0 Å². The van der Waals surface area contributed by atoms with Crippen LogP contribution in [0.1, 0.15) is 0 Å². The van der Waals surface area contributed by atoms with Gasteiger partial charge in [-0.3, -0.25) is 0 Å². The van der Waals surface area contributed by atoms with Crippen LogP contribution >= 0.6 is 11.8 Å². The molecule has 0 aliphatic rings. The van der Waals surface area contributed by atoms with E-state index in [9.17, 15) is 8.42 Å². The summed E-state index contributed by atoms with van der Waals surface area (Å²) in [4.78, 5) is 1.99. The molecule has 20 heavy (non-hydrogen) atoms. The van der Waals surface area contributed by atoms with E-state index in [4.69, 9.17) is 5.73 Å². The lowest BCUT2D eigenvalue weighted by atomic mass is 10.3. The average Bonchev–Trinajstić information content (AvgIpc) is 2.42. The Morgan fingerprint density at radius 2 is 1.70 bits per heavy atom. The van der Waals surface area contributed by atoms with Crippen molar-refractivity contribution in [3.05, 3.63) is 48.5 Å². The molecule has 0 heterocycles. The Labute approximate surface area is 123 Å². The number of nitrogens with zero attached hydrogens (tertiary/aromatic N) is 1. The highest BCUT2D eigenvalue weighted by molar-refractivity contribution is 7.99. The average molecular weight is 308 g/mol. The summed E-state index contributed by atoms with van der Waals surface area (Å²) in [5.74, 6) is 0. The molecule has 0 aliphatic carbocycles. The molecule has 2 aromatic rings. The van der Waals surface area contributed by atoms with E-state index in [-0.39, 0.29) is 4.90 Å². The van der Waals surface area contributed by atoms with Gasteiger partial charge in [-0.15, -0.1) is 0 Å².